The molecule has 0 fully saturated rings. The van der Waals surface area contributed by atoms with Gasteiger partial charge in [-0.15, -0.1) is 0 Å². The van der Waals surface area contributed by atoms with Gasteiger partial charge in [0, 0.05) is 29.9 Å². The summed E-state index contributed by atoms with van der Waals surface area (Å²) < 4.78 is 72.4. The molecule has 5 rings (SSSR count). The highest BCUT2D eigenvalue weighted by molar-refractivity contribution is 7.86. The normalized spacial score (nSPS) is 14.5. The zero-order chi connectivity index (χ0) is 33.6. The molecule has 10 heteroatoms. The molecule has 0 amide bonds. The first-order chi connectivity index (χ1) is 22.5. The Kier molecular flexibility index (Phi) is 10.4. The third-order valence-electron chi connectivity index (χ3n) is 8.02. The van der Waals surface area contributed by atoms with Crippen molar-refractivity contribution in [3.8, 4) is 0 Å². The standard InChI is InChI=1S/C37H36N2O6S2/c1-3-38(36(46(40,41)42)31-16-10-6-11-17-31)33-24-20-29(21-25-33)35(28-14-8-5-9-15-28)30-22-26-34(27-23-30)39(4-2)37(47(43,44)45)32-18-12-7-13-19-32/h5-27,36-37H,3-4H2,1-2H3,(H-,40,41,42,43,44,45)/p+1/t36-,37-/m1/s1. The van der Waals surface area contributed by atoms with Gasteiger partial charge in [-0.05, 0) is 66.0 Å². The van der Waals surface area contributed by atoms with E-state index in [1.165, 1.54) is 0 Å². The smallest absolute Gasteiger partial charge is 0.334 e. The monoisotopic (exact) mass is 669 g/mol. The van der Waals surface area contributed by atoms with Crippen LogP contribution >= 0.6 is 0 Å². The van der Waals surface area contributed by atoms with E-state index >= 15 is 0 Å². The van der Waals surface area contributed by atoms with Crippen molar-refractivity contribution in [2.24, 2.45) is 0 Å². The first kappa shape index (κ1) is 33.7. The maximum Gasteiger partial charge on any atom is 0.334 e. The zero-order valence-corrected chi connectivity index (χ0v) is 27.7. The number of rotatable bonds is 11. The maximum atomic E-state index is 12.6. The van der Waals surface area contributed by atoms with E-state index in [4.69, 9.17) is 0 Å². The van der Waals surface area contributed by atoms with Crippen molar-refractivity contribution in [1.29, 1.82) is 0 Å². The highest BCUT2D eigenvalue weighted by atomic mass is 32.2. The molecule has 0 bridgehead atoms. The second-order valence-electron chi connectivity index (χ2n) is 11.0. The molecule has 0 aliphatic heterocycles. The quantitative estimate of drug-likeness (QED) is 0.130. The Labute approximate surface area is 276 Å². The summed E-state index contributed by atoms with van der Waals surface area (Å²) in [5, 5.41) is -2.54. The highest BCUT2D eigenvalue weighted by Gasteiger charge is 2.36. The molecule has 242 valence electrons. The molecular formula is C37H37N2O6S2+. The Balaban J connectivity index is 1.57. The summed E-state index contributed by atoms with van der Waals surface area (Å²) in [6.07, 6.45) is 7.52. The molecule has 4 aromatic rings. The van der Waals surface area contributed by atoms with Crippen molar-refractivity contribution in [3.05, 3.63) is 167 Å². The predicted molar refractivity (Wildman–Crippen MR) is 187 cm³/mol. The third kappa shape index (κ3) is 7.69. The molecule has 2 atom stereocenters. The van der Waals surface area contributed by atoms with Crippen LogP contribution in [-0.4, -0.2) is 49.3 Å². The molecule has 2 N–H and O–H groups in total. The van der Waals surface area contributed by atoms with Crippen LogP contribution in [0.25, 0.3) is 5.57 Å². The summed E-state index contributed by atoms with van der Waals surface area (Å²) in [7, 11) is -8.95. The van der Waals surface area contributed by atoms with Crippen LogP contribution in [0.2, 0.25) is 0 Å². The second kappa shape index (κ2) is 14.4. The van der Waals surface area contributed by atoms with Gasteiger partial charge >= 0.3 is 15.5 Å². The molecule has 8 nitrogen and oxygen atoms in total. The largest absolute Gasteiger partial charge is 0.350 e. The Hall–Kier alpha value is -4.61. The Morgan fingerprint density at radius 2 is 1.13 bits per heavy atom. The molecule has 4 aromatic carbocycles. The van der Waals surface area contributed by atoms with E-state index in [1.807, 2.05) is 92.7 Å². The summed E-state index contributed by atoms with van der Waals surface area (Å²) in [5.74, 6) is 0. The Morgan fingerprint density at radius 1 is 0.638 bits per heavy atom. The Morgan fingerprint density at radius 3 is 1.60 bits per heavy atom. The van der Waals surface area contributed by atoms with E-state index in [2.05, 4.69) is 0 Å². The zero-order valence-electron chi connectivity index (χ0n) is 26.1. The third-order valence-corrected chi connectivity index (χ3v) is 10.2. The van der Waals surface area contributed by atoms with E-state index in [1.54, 1.807) is 70.1 Å². The van der Waals surface area contributed by atoms with Crippen molar-refractivity contribution >= 4 is 37.2 Å². The van der Waals surface area contributed by atoms with Gasteiger partial charge in [-0.2, -0.15) is 16.8 Å². The van der Waals surface area contributed by atoms with Crippen molar-refractivity contribution in [2.75, 3.05) is 18.0 Å². The highest BCUT2D eigenvalue weighted by Crippen LogP contribution is 2.35. The Bertz CT molecular complexity index is 2020. The van der Waals surface area contributed by atoms with Crippen molar-refractivity contribution in [2.45, 2.75) is 24.6 Å². The van der Waals surface area contributed by atoms with E-state index in [9.17, 15) is 25.9 Å². The number of allylic oxidation sites excluding steroid dienone is 5. The van der Waals surface area contributed by atoms with Crippen LogP contribution in [0.5, 0.6) is 0 Å². The first-order valence-corrected chi connectivity index (χ1v) is 18.2. The maximum absolute atomic E-state index is 12.6. The van der Waals surface area contributed by atoms with Gasteiger partial charge < -0.3 is 4.90 Å². The lowest BCUT2D eigenvalue weighted by molar-refractivity contribution is -0.545. The molecule has 1 aliphatic carbocycles. The molecule has 0 saturated heterocycles. The molecular weight excluding hydrogens is 633 g/mol. The van der Waals surface area contributed by atoms with Gasteiger partial charge in [-0.3, -0.25) is 9.11 Å². The average molecular weight is 670 g/mol. The van der Waals surface area contributed by atoms with Crippen LogP contribution in [0.4, 0.5) is 5.69 Å². The van der Waals surface area contributed by atoms with Crippen LogP contribution in [0.3, 0.4) is 0 Å². The fraction of sp³-hybridized carbons (Fsp3) is 0.162. The lowest BCUT2D eigenvalue weighted by atomic mass is 9.90. The van der Waals surface area contributed by atoms with E-state index < -0.39 is 31.0 Å². The molecule has 0 heterocycles. The molecule has 0 unspecified atom stereocenters. The van der Waals surface area contributed by atoms with Crippen LogP contribution < -0.4 is 4.90 Å². The molecule has 0 radical (unpaired) electrons. The predicted octanol–water partition coefficient (Wildman–Crippen LogP) is 7.09. The van der Waals surface area contributed by atoms with Crippen LogP contribution in [0.1, 0.15) is 46.8 Å². The first-order valence-electron chi connectivity index (χ1n) is 15.2. The van der Waals surface area contributed by atoms with Gasteiger partial charge in [0.25, 0.3) is 10.1 Å². The van der Waals surface area contributed by atoms with Crippen LogP contribution in [-0.2, 0) is 20.2 Å². The van der Waals surface area contributed by atoms with Crippen LogP contribution in [0, 0.1) is 0 Å². The van der Waals surface area contributed by atoms with E-state index in [0.717, 1.165) is 22.3 Å². The molecule has 0 saturated carbocycles. The summed E-state index contributed by atoms with van der Waals surface area (Å²) in [4.78, 5) is 1.64. The fourth-order valence-corrected chi connectivity index (χ4v) is 8.16. The van der Waals surface area contributed by atoms with Crippen molar-refractivity contribution in [3.63, 3.8) is 0 Å². The van der Waals surface area contributed by atoms with Crippen molar-refractivity contribution < 1.29 is 30.5 Å². The summed E-state index contributed by atoms with van der Waals surface area (Å²) in [6, 6.07) is 34.6. The lowest BCUT2D eigenvalue weighted by Crippen LogP contribution is -2.34. The minimum Gasteiger partial charge on any atom is -0.350 e. The lowest BCUT2D eigenvalue weighted by Gasteiger charge is -2.31. The molecule has 0 spiro atoms. The minimum atomic E-state index is -4.47. The number of nitrogens with zero attached hydrogens (tertiary/aromatic N) is 2. The summed E-state index contributed by atoms with van der Waals surface area (Å²) in [5.41, 5.74) is 5.79. The van der Waals surface area contributed by atoms with E-state index in [0.29, 0.717) is 35.6 Å². The second-order valence-corrected chi connectivity index (χ2v) is 13.9. The number of hydrogen-bond donors (Lipinski definition) is 2. The number of hydrogen-bond acceptors (Lipinski definition) is 5. The number of anilines is 1. The van der Waals surface area contributed by atoms with Gasteiger partial charge in [0.15, 0.2) is 5.37 Å². The minimum absolute atomic E-state index is 0.330. The van der Waals surface area contributed by atoms with Gasteiger partial charge in [0.2, 0.25) is 5.71 Å². The number of benzene rings is 4. The SMILES string of the molecule is CCN(c1ccc(C(=C2C=CC(=[N+](CC)[C@@H](c3ccccc3)S(=O)(=O)O)C=C2)c2ccccc2)cc1)[C@@H](c1ccccc1)S(=O)(=O)O. The van der Waals surface area contributed by atoms with Gasteiger partial charge in [0.05, 0.1) is 0 Å². The van der Waals surface area contributed by atoms with Gasteiger partial charge in [0.1, 0.15) is 6.54 Å². The summed E-state index contributed by atoms with van der Waals surface area (Å²) in [6.45, 7) is 4.33. The van der Waals surface area contributed by atoms with Gasteiger partial charge in [-0.25, -0.2) is 4.58 Å². The molecule has 0 aromatic heterocycles. The fourth-order valence-electron chi connectivity index (χ4n) is 5.97. The van der Waals surface area contributed by atoms with Crippen molar-refractivity contribution in [1.82, 2.24) is 0 Å². The van der Waals surface area contributed by atoms with E-state index in [-0.39, 0.29) is 0 Å². The topological polar surface area (TPSA) is 115 Å². The van der Waals surface area contributed by atoms with Crippen LogP contribution in [0.15, 0.2) is 145 Å². The molecule has 1 aliphatic rings. The summed E-state index contributed by atoms with van der Waals surface area (Å²) >= 11 is 0. The average Bonchev–Trinajstić information content (AvgIpc) is 3.07. The van der Waals surface area contributed by atoms with Gasteiger partial charge in [-0.1, -0.05) is 103 Å². The molecule has 47 heavy (non-hydrogen) atoms.